The monoisotopic (exact) mass is 690 g/mol. The van der Waals surface area contributed by atoms with E-state index in [1.54, 1.807) is 32.0 Å². The number of esters is 1. The number of fused-ring (bicyclic) bond motifs is 6. The van der Waals surface area contributed by atoms with Crippen LogP contribution in [0.3, 0.4) is 0 Å². The second-order valence-electron chi connectivity index (χ2n) is 12.7. The first-order chi connectivity index (χ1) is 24.0. The first-order valence-corrected chi connectivity index (χ1v) is 16.4. The second kappa shape index (κ2) is 14.2. The van der Waals surface area contributed by atoms with Crippen molar-refractivity contribution in [1.82, 2.24) is 30.8 Å². The van der Waals surface area contributed by atoms with Crippen molar-refractivity contribution in [2.45, 2.75) is 71.9 Å². The van der Waals surface area contributed by atoms with E-state index in [1.807, 2.05) is 6.92 Å². The van der Waals surface area contributed by atoms with Gasteiger partial charge in [0.15, 0.2) is 17.6 Å². The van der Waals surface area contributed by atoms with Crippen LogP contribution in [0.25, 0.3) is 22.3 Å². The third-order valence-electron chi connectivity index (χ3n) is 8.92. The number of benzene rings is 1. The van der Waals surface area contributed by atoms with E-state index in [1.165, 1.54) is 4.57 Å². The van der Waals surface area contributed by atoms with Gasteiger partial charge in [-0.05, 0) is 30.0 Å². The van der Waals surface area contributed by atoms with E-state index in [0.29, 0.717) is 57.8 Å². The molecule has 0 bridgehead atoms. The highest BCUT2D eigenvalue weighted by atomic mass is 16.7. The van der Waals surface area contributed by atoms with Gasteiger partial charge in [0.05, 0.1) is 42.1 Å². The quantitative estimate of drug-likeness (QED) is 0.128. The number of aliphatic hydroxyl groups excluding tert-OH is 1. The molecule has 16 heteroatoms. The number of ether oxygens (including phenoxy) is 3. The highest BCUT2D eigenvalue weighted by Crippen LogP contribution is 2.42. The number of rotatable bonds is 12. The van der Waals surface area contributed by atoms with Gasteiger partial charge in [-0.15, -0.1) is 0 Å². The van der Waals surface area contributed by atoms with Crippen LogP contribution in [-0.4, -0.2) is 70.2 Å². The van der Waals surface area contributed by atoms with Crippen LogP contribution >= 0.6 is 0 Å². The Morgan fingerprint density at radius 2 is 1.68 bits per heavy atom. The van der Waals surface area contributed by atoms with E-state index in [2.05, 4.69) is 21.3 Å². The van der Waals surface area contributed by atoms with Crippen LogP contribution in [0.1, 0.15) is 68.4 Å². The molecule has 2 aromatic heterocycles. The first kappa shape index (κ1) is 34.4. The summed E-state index contributed by atoms with van der Waals surface area (Å²) in [6, 6.07) is 4.21. The lowest BCUT2D eigenvalue weighted by Gasteiger charge is -2.21. The fraction of sp³-hybridized carbons (Fsp3) is 0.441. The van der Waals surface area contributed by atoms with Gasteiger partial charge in [-0.2, -0.15) is 0 Å². The van der Waals surface area contributed by atoms with E-state index >= 15 is 0 Å². The fourth-order valence-electron chi connectivity index (χ4n) is 6.19. The van der Waals surface area contributed by atoms with Crippen molar-refractivity contribution in [3.63, 3.8) is 0 Å². The average Bonchev–Trinajstić information content (AvgIpc) is 3.71. The molecule has 1 aromatic carbocycles. The highest BCUT2D eigenvalue weighted by molar-refractivity contribution is 5.93. The van der Waals surface area contributed by atoms with Crippen molar-refractivity contribution in [3.8, 4) is 22.9 Å². The molecule has 16 nitrogen and oxygen atoms in total. The molecule has 0 saturated heterocycles. The van der Waals surface area contributed by atoms with Crippen LogP contribution in [0.15, 0.2) is 23.0 Å². The van der Waals surface area contributed by atoms with Gasteiger partial charge in [-0.1, -0.05) is 27.2 Å². The Hall–Kier alpha value is -5.51. The number of amides is 4. The molecule has 5 N–H and O–H groups in total. The Kier molecular flexibility index (Phi) is 9.72. The molecular weight excluding hydrogens is 652 g/mol. The smallest absolute Gasteiger partial charge is 0.340 e. The Morgan fingerprint density at radius 1 is 0.960 bits per heavy atom. The van der Waals surface area contributed by atoms with Gasteiger partial charge in [0.2, 0.25) is 30.4 Å². The van der Waals surface area contributed by atoms with Gasteiger partial charge in [0, 0.05) is 35.5 Å². The first-order valence-electron chi connectivity index (χ1n) is 16.4. The Labute approximate surface area is 285 Å². The minimum Gasteiger partial charge on any atom is -0.458 e. The molecule has 0 spiro atoms. The van der Waals surface area contributed by atoms with Gasteiger partial charge >= 0.3 is 5.97 Å². The lowest BCUT2D eigenvalue weighted by atomic mass is 9.98. The SMILES string of the molecule is CCCCC(=O)NC(C(=O)NCC(=O)NCC(=O)NCc1c2c(nc3cc4c(cc13)OCO4)-c1cc3c(c(=O)n1C2)COC(=O)C3O)C(C)C. The molecule has 0 radical (unpaired) electrons. The zero-order valence-corrected chi connectivity index (χ0v) is 27.8. The summed E-state index contributed by atoms with van der Waals surface area (Å²) >= 11 is 0. The van der Waals surface area contributed by atoms with E-state index in [-0.39, 0.29) is 56.0 Å². The average molecular weight is 691 g/mol. The summed E-state index contributed by atoms with van der Waals surface area (Å²) < 4.78 is 17.6. The number of cyclic esters (lactones) is 1. The van der Waals surface area contributed by atoms with Gasteiger partial charge in [-0.25, -0.2) is 9.78 Å². The lowest BCUT2D eigenvalue weighted by Crippen LogP contribution is -2.51. The summed E-state index contributed by atoms with van der Waals surface area (Å²) in [5, 5.41) is 21.6. The third kappa shape index (κ3) is 6.70. The van der Waals surface area contributed by atoms with Crippen molar-refractivity contribution >= 4 is 40.5 Å². The molecule has 264 valence electrons. The van der Waals surface area contributed by atoms with Crippen molar-refractivity contribution in [2.24, 2.45) is 5.92 Å². The molecular formula is C34H38N6O10. The normalized spacial score (nSPS) is 15.9. The maximum Gasteiger partial charge on any atom is 0.340 e. The van der Waals surface area contributed by atoms with Crippen molar-refractivity contribution in [3.05, 3.63) is 50.8 Å². The second-order valence-corrected chi connectivity index (χ2v) is 12.7. The van der Waals surface area contributed by atoms with E-state index in [9.17, 15) is 33.9 Å². The van der Waals surface area contributed by atoms with Crippen LogP contribution < -0.4 is 36.3 Å². The number of aromatic nitrogens is 2. The van der Waals surface area contributed by atoms with Crippen molar-refractivity contribution in [2.75, 3.05) is 19.9 Å². The maximum atomic E-state index is 13.5. The number of hydrogen-bond acceptors (Lipinski definition) is 11. The number of unbranched alkanes of at least 4 members (excludes halogenated alkanes) is 1. The number of carbonyl (C=O) groups excluding carboxylic acids is 5. The number of pyridine rings is 2. The zero-order valence-electron chi connectivity index (χ0n) is 27.8. The summed E-state index contributed by atoms with van der Waals surface area (Å²) in [4.78, 5) is 80.7. The molecule has 5 heterocycles. The summed E-state index contributed by atoms with van der Waals surface area (Å²) in [5.74, 6) is -1.94. The van der Waals surface area contributed by atoms with E-state index in [4.69, 9.17) is 19.2 Å². The summed E-state index contributed by atoms with van der Waals surface area (Å²) in [7, 11) is 0. The minimum atomic E-state index is -1.61. The van der Waals surface area contributed by atoms with Crippen molar-refractivity contribution in [1.29, 1.82) is 0 Å². The van der Waals surface area contributed by atoms with Crippen LogP contribution in [0.4, 0.5) is 0 Å². The topological polar surface area (TPSA) is 216 Å². The Bertz CT molecular complexity index is 1970. The molecule has 2 atom stereocenters. The molecule has 0 saturated carbocycles. The highest BCUT2D eigenvalue weighted by Gasteiger charge is 2.35. The third-order valence-corrected chi connectivity index (χ3v) is 8.92. The Balaban J connectivity index is 1.15. The molecule has 50 heavy (non-hydrogen) atoms. The predicted octanol–water partition coefficient (Wildman–Crippen LogP) is 0.424. The van der Waals surface area contributed by atoms with Crippen LogP contribution in [0.5, 0.6) is 11.5 Å². The Morgan fingerprint density at radius 3 is 2.42 bits per heavy atom. The standard InChI is InChI=1S/C34H38N6O10/c1-4-5-6-26(41)39-29(16(2)3)32(45)37-12-28(43)36-11-27(42)35-10-19-17-8-24-25(50-15-49-24)9-22(17)38-30-20(19)13-40-23(30)7-18-21(33(40)46)14-48-34(47)31(18)44/h7-9,16,29,31,44H,4-6,10-15H2,1-3H3,(H,35,42)(H,36,43)(H,37,45)(H,39,41). The zero-order chi connectivity index (χ0) is 35.7. The fourth-order valence-corrected chi connectivity index (χ4v) is 6.19. The minimum absolute atomic E-state index is 0.00703. The van der Waals surface area contributed by atoms with Gasteiger partial charge in [0.1, 0.15) is 12.6 Å². The van der Waals surface area contributed by atoms with Gasteiger partial charge < -0.3 is 45.2 Å². The number of nitrogens with one attached hydrogen (secondary N) is 4. The number of hydrogen-bond donors (Lipinski definition) is 5. The number of nitrogens with zero attached hydrogens (tertiary/aromatic N) is 2. The number of carbonyl (C=O) groups is 5. The summed E-state index contributed by atoms with van der Waals surface area (Å²) in [6.07, 6.45) is 0.245. The van der Waals surface area contributed by atoms with Crippen molar-refractivity contribution < 1.29 is 43.3 Å². The van der Waals surface area contributed by atoms with Crippen LogP contribution in [-0.2, 0) is 48.4 Å². The van der Waals surface area contributed by atoms with Gasteiger partial charge in [-0.3, -0.25) is 24.0 Å². The molecule has 3 aromatic rings. The molecule has 2 unspecified atom stereocenters. The molecule has 3 aliphatic heterocycles. The molecule has 4 amide bonds. The maximum absolute atomic E-state index is 13.5. The largest absolute Gasteiger partial charge is 0.458 e. The lowest BCUT2D eigenvalue weighted by molar-refractivity contribution is -0.157. The van der Waals surface area contributed by atoms with E-state index < -0.39 is 47.9 Å². The molecule has 0 aliphatic carbocycles. The molecule has 6 rings (SSSR count). The molecule has 0 fully saturated rings. The van der Waals surface area contributed by atoms with Gasteiger partial charge in [0.25, 0.3) is 5.56 Å². The predicted molar refractivity (Wildman–Crippen MR) is 176 cm³/mol. The number of aliphatic hydroxyl groups is 1. The summed E-state index contributed by atoms with van der Waals surface area (Å²) in [6.45, 7) is 4.63. The van der Waals surface area contributed by atoms with E-state index in [0.717, 1.165) is 6.42 Å². The van der Waals surface area contributed by atoms with Crippen LogP contribution in [0.2, 0.25) is 0 Å². The summed E-state index contributed by atoms with van der Waals surface area (Å²) in [5.41, 5.74) is 2.55. The van der Waals surface area contributed by atoms with Crippen LogP contribution in [0, 0.1) is 5.92 Å². The molecule has 3 aliphatic rings.